The quantitative estimate of drug-likeness (QED) is 0.0646. The third-order valence-electron chi connectivity index (χ3n) is 6.26. The molecule has 0 aliphatic heterocycles. The van der Waals surface area contributed by atoms with Gasteiger partial charge in [-0.25, -0.2) is 10.5 Å². The monoisotopic (exact) mass is 536 g/mol. The molecular formula is C22H38Cl2N6O5. The predicted molar refractivity (Wildman–Crippen MR) is 133 cm³/mol. The Kier molecular flexibility index (Phi) is 12.9. The van der Waals surface area contributed by atoms with E-state index in [-0.39, 0.29) is 72.7 Å². The third-order valence-corrected chi connectivity index (χ3v) is 6.97. The second-order valence-corrected chi connectivity index (χ2v) is 10.2. The summed E-state index contributed by atoms with van der Waals surface area (Å²) in [6, 6.07) is -0.602. The van der Waals surface area contributed by atoms with E-state index in [0.717, 1.165) is 12.8 Å². The minimum Gasteiger partial charge on any atom is -0.466 e. The van der Waals surface area contributed by atoms with Crippen molar-refractivity contribution in [2.75, 3.05) is 19.9 Å². The van der Waals surface area contributed by atoms with Gasteiger partial charge in [-0.15, -0.1) is 23.2 Å². The lowest BCUT2D eigenvalue weighted by Gasteiger charge is -2.34. The SMILES string of the molecule is CCOC(=O)CC(NC(=O)CNC(=O)C1CCCC(N=C(N)NOCN)C1)C1CC(Cl)CC(Cl)C1. The van der Waals surface area contributed by atoms with Crippen LogP contribution in [0, 0.1) is 11.8 Å². The number of alkyl halides is 2. The molecule has 200 valence electrons. The van der Waals surface area contributed by atoms with Crippen LogP contribution in [0.5, 0.6) is 0 Å². The number of carbonyl (C=O) groups excluding carboxylic acids is 3. The first-order valence-corrected chi connectivity index (χ1v) is 13.0. The molecule has 7 N–H and O–H groups in total. The maximum Gasteiger partial charge on any atom is 0.307 e. The number of hydroxylamine groups is 1. The van der Waals surface area contributed by atoms with E-state index in [1.165, 1.54) is 0 Å². The fraction of sp³-hybridized carbons (Fsp3) is 0.818. The number of amides is 2. The van der Waals surface area contributed by atoms with Gasteiger partial charge < -0.3 is 26.8 Å². The van der Waals surface area contributed by atoms with Crippen LogP contribution in [0.4, 0.5) is 0 Å². The fourth-order valence-corrected chi connectivity index (χ4v) is 5.69. The summed E-state index contributed by atoms with van der Waals surface area (Å²) in [5.41, 5.74) is 13.4. The van der Waals surface area contributed by atoms with Gasteiger partial charge in [0.25, 0.3) is 0 Å². The standard InChI is InChI=1S/C22H38Cl2N6O5/c1-2-34-20(32)10-18(14-6-15(23)9-16(24)7-14)29-19(31)11-27-21(33)13-4-3-5-17(8-13)28-22(26)30-35-12-25/h13-18H,2-12,25H2,1H3,(H,27,33)(H,29,31)(H3,26,28,30). The summed E-state index contributed by atoms with van der Waals surface area (Å²) in [7, 11) is 0. The van der Waals surface area contributed by atoms with Crippen LogP contribution >= 0.6 is 23.2 Å². The highest BCUT2D eigenvalue weighted by Gasteiger charge is 2.34. The van der Waals surface area contributed by atoms with Gasteiger partial charge in [0.15, 0.2) is 0 Å². The van der Waals surface area contributed by atoms with Crippen molar-refractivity contribution in [3.8, 4) is 0 Å². The lowest BCUT2D eigenvalue weighted by atomic mass is 9.82. The molecule has 2 fully saturated rings. The number of carbonyl (C=O) groups is 3. The molecule has 0 bridgehead atoms. The molecule has 2 rings (SSSR count). The molecule has 0 heterocycles. The minimum absolute atomic E-state index is 0.0248. The summed E-state index contributed by atoms with van der Waals surface area (Å²) in [5.74, 6) is -1.23. The second-order valence-electron chi connectivity index (χ2n) is 9.01. The molecule has 0 aromatic rings. The highest BCUT2D eigenvalue weighted by Crippen LogP contribution is 2.34. The summed E-state index contributed by atoms with van der Waals surface area (Å²) < 4.78 is 5.07. The average molecular weight is 537 g/mol. The lowest BCUT2D eigenvalue weighted by Crippen LogP contribution is -2.49. The Labute approximate surface area is 216 Å². The molecule has 0 spiro atoms. The van der Waals surface area contributed by atoms with E-state index in [0.29, 0.717) is 32.1 Å². The van der Waals surface area contributed by atoms with E-state index in [2.05, 4.69) is 21.1 Å². The number of nitrogens with zero attached hydrogens (tertiary/aromatic N) is 1. The molecule has 0 aromatic carbocycles. The van der Waals surface area contributed by atoms with Crippen LogP contribution in [0.15, 0.2) is 4.99 Å². The molecule has 0 radical (unpaired) electrons. The molecule has 0 saturated heterocycles. The van der Waals surface area contributed by atoms with Crippen LogP contribution in [-0.2, 0) is 24.0 Å². The van der Waals surface area contributed by atoms with Gasteiger partial charge in [0.2, 0.25) is 17.8 Å². The van der Waals surface area contributed by atoms with E-state index in [9.17, 15) is 14.4 Å². The first-order chi connectivity index (χ1) is 16.7. The third kappa shape index (κ3) is 10.8. The van der Waals surface area contributed by atoms with Gasteiger partial charge in [0.1, 0.15) is 6.73 Å². The van der Waals surface area contributed by atoms with Crippen molar-refractivity contribution in [3.05, 3.63) is 0 Å². The Bertz CT molecular complexity index is 733. The summed E-state index contributed by atoms with van der Waals surface area (Å²) in [6.45, 7) is 1.74. The first kappa shape index (κ1) is 29.4. The number of aliphatic imine (C=N–C) groups is 1. The van der Waals surface area contributed by atoms with E-state index in [4.69, 9.17) is 44.2 Å². The normalized spacial score (nSPS) is 28.0. The Morgan fingerprint density at radius 2 is 1.83 bits per heavy atom. The highest BCUT2D eigenvalue weighted by atomic mass is 35.5. The summed E-state index contributed by atoms with van der Waals surface area (Å²) in [6.07, 6.45) is 4.82. The van der Waals surface area contributed by atoms with Crippen LogP contribution in [0.25, 0.3) is 0 Å². The maximum atomic E-state index is 12.7. The predicted octanol–water partition coefficient (Wildman–Crippen LogP) is 0.866. The van der Waals surface area contributed by atoms with Crippen LogP contribution in [0.1, 0.15) is 58.3 Å². The smallest absolute Gasteiger partial charge is 0.307 e. The number of ether oxygens (including phenoxy) is 1. The van der Waals surface area contributed by atoms with E-state index in [1.807, 2.05) is 0 Å². The van der Waals surface area contributed by atoms with Crippen molar-refractivity contribution in [1.29, 1.82) is 0 Å². The second kappa shape index (κ2) is 15.3. The van der Waals surface area contributed by atoms with Crippen molar-refractivity contribution in [3.63, 3.8) is 0 Å². The van der Waals surface area contributed by atoms with E-state index in [1.54, 1.807) is 6.92 Å². The van der Waals surface area contributed by atoms with Crippen molar-refractivity contribution >= 4 is 46.9 Å². The largest absolute Gasteiger partial charge is 0.466 e. The number of hydrogen-bond acceptors (Lipinski definition) is 7. The Hall–Kier alpha value is -1.82. The van der Waals surface area contributed by atoms with Crippen LogP contribution in [0.3, 0.4) is 0 Å². The molecule has 2 aliphatic carbocycles. The highest BCUT2D eigenvalue weighted by molar-refractivity contribution is 6.23. The maximum absolute atomic E-state index is 12.7. The number of halogens is 2. The van der Waals surface area contributed by atoms with Crippen molar-refractivity contribution in [2.45, 2.75) is 81.1 Å². The Morgan fingerprint density at radius 1 is 1.11 bits per heavy atom. The lowest BCUT2D eigenvalue weighted by molar-refractivity contribution is -0.144. The number of rotatable bonds is 11. The zero-order valence-electron chi connectivity index (χ0n) is 20.1. The number of nitrogens with two attached hydrogens (primary N) is 2. The number of esters is 1. The first-order valence-electron chi connectivity index (χ1n) is 12.1. The van der Waals surface area contributed by atoms with Crippen LogP contribution < -0.4 is 27.6 Å². The molecule has 5 atom stereocenters. The topological polar surface area (TPSA) is 170 Å². The van der Waals surface area contributed by atoms with Gasteiger partial charge in [-0.1, -0.05) is 6.42 Å². The van der Waals surface area contributed by atoms with Crippen LogP contribution in [0.2, 0.25) is 0 Å². The molecule has 2 aliphatic rings. The number of hydrogen-bond donors (Lipinski definition) is 5. The van der Waals surface area contributed by atoms with Gasteiger partial charge in [0, 0.05) is 22.7 Å². The van der Waals surface area contributed by atoms with Gasteiger partial charge in [-0.2, -0.15) is 0 Å². The molecule has 11 nitrogen and oxygen atoms in total. The van der Waals surface area contributed by atoms with Crippen molar-refractivity contribution < 1.29 is 24.0 Å². The summed E-state index contributed by atoms with van der Waals surface area (Å²) in [4.78, 5) is 46.6. The number of nitrogens with one attached hydrogen (secondary N) is 3. The van der Waals surface area contributed by atoms with Gasteiger partial charge in [0.05, 0.1) is 25.6 Å². The van der Waals surface area contributed by atoms with E-state index >= 15 is 0 Å². The molecule has 0 aromatic heterocycles. The zero-order valence-corrected chi connectivity index (χ0v) is 21.7. The Morgan fingerprint density at radius 3 is 2.49 bits per heavy atom. The molecule has 2 saturated carbocycles. The van der Waals surface area contributed by atoms with Crippen LogP contribution in [-0.4, -0.2) is 66.5 Å². The molecule has 13 heteroatoms. The van der Waals surface area contributed by atoms with Gasteiger partial charge in [-0.05, 0) is 51.4 Å². The fourth-order valence-electron chi connectivity index (χ4n) is 4.71. The summed E-state index contributed by atoms with van der Waals surface area (Å²) >= 11 is 12.7. The molecule has 35 heavy (non-hydrogen) atoms. The molecular weight excluding hydrogens is 499 g/mol. The van der Waals surface area contributed by atoms with Crippen molar-refractivity contribution in [1.82, 2.24) is 16.1 Å². The molecule has 2 amide bonds. The summed E-state index contributed by atoms with van der Waals surface area (Å²) in [5, 5.41) is 5.36. The Balaban J connectivity index is 1.88. The van der Waals surface area contributed by atoms with Crippen molar-refractivity contribution in [2.24, 2.45) is 28.3 Å². The minimum atomic E-state index is -0.471. The van der Waals surface area contributed by atoms with Gasteiger partial charge >= 0.3 is 5.97 Å². The zero-order chi connectivity index (χ0) is 25.8. The van der Waals surface area contributed by atoms with Gasteiger partial charge in [-0.3, -0.25) is 19.2 Å². The van der Waals surface area contributed by atoms with E-state index < -0.39 is 12.0 Å². The molecule has 5 unspecified atom stereocenters. The average Bonchev–Trinajstić information content (AvgIpc) is 2.80. The number of guanidine groups is 1.